The lowest BCUT2D eigenvalue weighted by atomic mass is 9.89. The first-order valence-corrected chi connectivity index (χ1v) is 9.08. The minimum absolute atomic E-state index is 0.117. The van der Waals surface area contributed by atoms with Crippen molar-refractivity contribution in [3.8, 4) is 0 Å². The molecule has 5 nitrogen and oxygen atoms in total. The highest BCUT2D eigenvalue weighted by Crippen LogP contribution is 2.47. The summed E-state index contributed by atoms with van der Waals surface area (Å²) in [6.45, 7) is 2.17. The van der Waals surface area contributed by atoms with E-state index in [1.54, 1.807) is 0 Å². The molecule has 0 radical (unpaired) electrons. The van der Waals surface area contributed by atoms with E-state index in [0.29, 0.717) is 26.4 Å². The molecule has 0 N–H and O–H groups in total. The Kier molecular flexibility index (Phi) is 4.27. The van der Waals surface area contributed by atoms with Gasteiger partial charge in [0.05, 0.1) is 26.4 Å². The lowest BCUT2D eigenvalue weighted by molar-refractivity contribution is -0.311. The molecule has 4 unspecified atom stereocenters. The smallest absolute Gasteiger partial charge is 0.184 e. The Morgan fingerprint density at radius 3 is 2.38 bits per heavy atom. The van der Waals surface area contributed by atoms with Gasteiger partial charge < -0.3 is 23.7 Å². The zero-order valence-corrected chi connectivity index (χ0v) is 14.5. The van der Waals surface area contributed by atoms with E-state index in [0.717, 1.165) is 11.1 Å². The van der Waals surface area contributed by atoms with Gasteiger partial charge in [-0.3, -0.25) is 0 Å². The minimum atomic E-state index is -0.422. The summed E-state index contributed by atoms with van der Waals surface area (Å²) in [5.74, 6) is 0. The van der Waals surface area contributed by atoms with Crippen molar-refractivity contribution in [3.63, 3.8) is 0 Å². The van der Waals surface area contributed by atoms with Crippen LogP contribution in [0.5, 0.6) is 0 Å². The minimum Gasteiger partial charge on any atom is -0.370 e. The Hall–Kier alpha value is -1.76. The Balaban J connectivity index is 1.30. The van der Waals surface area contributed by atoms with Gasteiger partial charge in [0.15, 0.2) is 6.29 Å². The van der Waals surface area contributed by atoms with Crippen molar-refractivity contribution in [2.75, 3.05) is 19.8 Å². The van der Waals surface area contributed by atoms with E-state index in [-0.39, 0.29) is 18.3 Å². The van der Waals surface area contributed by atoms with Gasteiger partial charge in [0.1, 0.15) is 23.9 Å². The van der Waals surface area contributed by atoms with Gasteiger partial charge in [-0.2, -0.15) is 0 Å². The van der Waals surface area contributed by atoms with Crippen LogP contribution in [-0.4, -0.2) is 43.7 Å². The fourth-order valence-electron chi connectivity index (χ4n) is 3.81. The van der Waals surface area contributed by atoms with Gasteiger partial charge in [-0.15, -0.1) is 0 Å². The summed E-state index contributed by atoms with van der Waals surface area (Å²) in [4.78, 5) is 0. The Morgan fingerprint density at radius 2 is 1.65 bits per heavy atom. The molecule has 136 valence electrons. The van der Waals surface area contributed by atoms with Crippen molar-refractivity contribution in [1.29, 1.82) is 0 Å². The van der Waals surface area contributed by atoms with Crippen molar-refractivity contribution in [2.24, 2.45) is 0 Å². The predicted octanol–water partition coefficient (Wildman–Crippen LogP) is 2.85. The van der Waals surface area contributed by atoms with Gasteiger partial charge in [-0.05, 0) is 5.56 Å². The van der Waals surface area contributed by atoms with Crippen LogP contribution in [0.15, 0.2) is 60.7 Å². The molecule has 3 heterocycles. The number of fused-ring (bicyclic) bond motifs is 2. The quantitative estimate of drug-likeness (QED) is 0.790. The molecule has 3 aliphatic rings. The molecule has 0 aromatic heterocycles. The average Bonchev–Trinajstić information content (AvgIpc) is 3.50. The van der Waals surface area contributed by atoms with Gasteiger partial charge in [-0.1, -0.05) is 60.7 Å². The zero-order valence-electron chi connectivity index (χ0n) is 14.5. The summed E-state index contributed by atoms with van der Waals surface area (Å²) >= 11 is 0. The first-order chi connectivity index (χ1) is 12.9. The molecule has 3 fully saturated rings. The molecule has 3 saturated heterocycles. The molecule has 0 bridgehead atoms. The molecule has 5 rings (SSSR count). The Bertz CT molecular complexity index is 731. The van der Waals surface area contributed by atoms with E-state index in [2.05, 4.69) is 12.1 Å². The van der Waals surface area contributed by atoms with Gasteiger partial charge in [0.25, 0.3) is 0 Å². The predicted molar refractivity (Wildman–Crippen MR) is 93.5 cm³/mol. The summed E-state index contributed by atoms with van der Waals surface area (Å²) in [5, 5.41) is 0. The average molecular weight is 354 g/mol. The van der Waals surface area contributed by atoms with E-state index in [4.69, 9.17) is 23.7 Å². The summed E-state index contributed by atoms with van der Waals surface area (Å²) in [5.41, 5.74) is 1.73. The van der Waals surface area contributed by atoms with Crippen molar-refractivity contribution in [2.45, 2.75) is 36.8 Å². The molecular weight excluding hydrogens is 332 g/mol. The van der Waals surface area contributed by atoms with Gasteiger partial charge >= 0.3 is 0 Å². The van der Waals surface area contributed by atoms with Crippen molar-refractivity contribution >= 4 is 0 Å². The van der Waals surface area contributed by atoms with Crippen LogP contribution in [-0.2, 0) is 30.3 Å². The number of benzene rings is 2. The normalized spacial score (nSPS) is 35.8. The summed E-state index contributed by atoms with van der Waals surface area (Å²) in [6.07, 6.45) is -0.835. The number of hydrogen-bond donors (Lipinski definition) is 0. The number of rotatable bonds is 4. The van der Waals surface area contributed by atoms with E-state index in [1.807, 2.05) is 48.5 Å². The maximum atomic E-state index is 6.28. The molecule has 2 aromatic rings. The van der Waals surface area contributed by atoms with Crippen LogP contribution in [0.2, 0.25) is 0 Å². The third kappa shape index (κ3) is 2.96. The van der Waals surface area contributed by atoms with E-state index in [9.17, 15) is 0 Å². The first kappa shape index (κ1) is 16.4. The maximum Gasteiger partial charge on any atom is 0.184 e. The molecule has 0 saturated carbocycles. The van der Waals surface area contributed by atoms with Crippen LogP contribution in [0.3, 0.4) is 0 Å². The summed E-state index contributed by atoms with van der Waals surface area (Å²) in [7, 11) is 0. The van der Waals surface area contributed by atoms with Crippen molar-refractivity contribution in [3.05, 3.63) is 71.8 Å². The van der Waals surface area contributed by atoms with E-state index < -0.39 is 11.9 Å². The second-order valence-electron chi connectivity index (χ2n) is 7.03. The lowest BCUT2D eigenvalue weighted by Crippen LogP contribution is -2.61. The Labute approximate surface area is 152 Å². The maximum absolute atomic E-state index is 6.28. The van der Waals surface area contributed by atoms with E-state index in [1.165, 1.54) is 0 Å². The van der Waals surface area contributed by atoms with Crippen molar-refractivity contribution in [1.82, 2.24) is 0 Å². The van der Waals surface area contributed by atoms with Gasteiger partial charge in [-0.25, -0.2) is 0 Å². The third-order valence-corrected chi connectivity index (χ3v) is 5.35. The number of ether oxygens (including phenoxy) is 5. The van der Waals surface area contributed by atoms with Crippen LogP contribution < -0.4 is 0 Å². The van der Waals surface area contributed by atoms with Crippen LogP contribution in [0.4, 0.5) is 0 Å². The molecule has 5 heteroatoms. The molecular formula is C21H22O5. The van der Waals surface area contributed by atoms with Crippen LogP contribution in [0, 0.1) is 0 Å². The molecule has 0 amide bonds. The lowest BCUT2D eigenvalue weighted by Gasteiger charge is -2.45. The van der Waals surface area contributed by atoms with Gasteiger partial charge in [0, 0.05) is 5.56 Å². The topological polar surface area (TPSA) is 49.5 Å². The fourth-order valence-corrected chi connectivity index (χ4v) is 3.81. The Morgan fingerprint density at radius 1 is 0.923 bits per heavy atom. The summed E-state index contributed by atoms with van der Waals surface area (Å²) < 4.78 is 30.2. The zero-order chi connectivity index (χ0) is 17.4. The number of hydrogen-bond acceptors (Lipinski definition) is 5. The highest BCUT2D eigenvalue weighted by Gasteiger charge is 2.65. The molecule has 5 atom stereocenters. The first-order valence-electron chi connectivity index (χ1n) is 9.08. The summed E-state index contributed by atoms with van der Waals surface area (Å²) in [6, 6.07) is 20.1. The SMILES string of the molecule is c1ccc(COC2COC3COC(c4ccccc4)OC3[C@@]23CO3)cc1. The largest absolute Gasteiger partial charge is 0.370 e. The van der Waals surface area contributed by atoms with Crippen LogP contribution in [0.25, 0.3) is 0 Å². The molecule has 0 aliphatic carbocycles. The highest BCUT2D eigenvalue weighted by molar-refractivity contribution is 5.19. The molecule has 2 aromatic carbocycles. The second-order valence-corrected chi connectivity index (χ2v) is 7.03. The highest BCUT2D eigenvalue weighted by atomic mass is 16.7. The van der Waals surface area contributed by atoms with Gasteiger partial charge in [0.2, 0.25) is 0 Å². The van der Waals surface area contributed by atoms with Crippen LogP contribution in [0.1, 0.15) is 17.4 Å². The van der Waals surface area contributed by atoms with Crippen molar-refractivity contribution < 1.29 is 23.7 Å². The fraction of sp³-hybridized carbons (Fsp3) is 0.429. The van der Waals surface area contributed by atoms with Crippen LogP contribution >= 0.6 is 0 Å². The standard InChI is InChI=1S/C21H22O5/c1-3-7-15(8-4-1)11-23-18-13-22-17-12-24-20(16-9-5-2-6-10-16)26-19(17)21(18)14-25-21/h1-10,17-20H,11-14H2/t17?,18?,19?,20?,21-/m1/s1. The second kappa shape index (κ2) is 6.76. The monoisotopic (exact) mass is 354 g/mol. The molecule has 26 heavy (non-hydrogen) atoms. The molecule has 1 spiro atoms. The molecule has 3 aliphatic heterocycles. The third-order valence-electron chi connectivity index (χ3n) is 5.35. The van der Waals surface area contributed by atoms with E-state index >= 15 is 0 Å². The number of epoxide rings is 1.